The minimum atomic E-state index is -4.87. The second-order valence-corrected chi connectivity index (χ2v) is 7.41. The predicted molar refractivity (Wildman–Crippen MR) is 89.4 cm³/mol. The van der Waals surface area contributed by atoms with Crippen molar-refractivity contribution in [3.8, 4) is 5.75 Å². The van der Waals surface area contributed by atoms with Crippen LogP contribution in [0.5, 0.6) is 5.75 Å². The van der Waals surface area contributed by atoms with E-state index in [0.29, 0.717) is 0 Å². The van der Waals surface area contributed by atoms with Crippen LogP contribution in [0.1, 0.15) is 10.5 Å². The monoisotopic (exact) mass is 399 g/mol. The summed E-state index contributed by atoms with van der Waals surface area (Å²) in [4.78, 5) is 16.4. The molecule has 0 aliphatic heterocycles. The molecule has 0 bridgehead atoms. The Morgan fingerprint density at radius 3 is 2.59 bits per heavy atom. The number of aromatic nitrogens is 2. The number of sulfone groups is 1. The van der Waals surface area contributed by atoms with Gasteiger partial charge in [-0.15, -0.1) is 13.2 Å². The molecule has 0 fully saturated rings. The Kier molecular flexibility index (Phi) is 4.56. The highest BCUT2D eigenvalue weighted by Crippen LogP contribution is 2.25. The summed E-state index contributed by atoms with van der Waals surface area (Å²) in [5.74, 6) is -1.29. The van der Waals surface area contributed by atoms with Crippen molar-refractivity contribution in [3.63, 3.8) is 0 Å². The van der Waals surface area contributed by atoms with Crippen molar-refractivity contribution in [2.75, 3.05) is 11.6 Å². The fourth-order valence-electron chi connectivity index (χ4n) is 2.40. The average Bonchev–Trinajstić information content (AvgIpc) is 2.93. The standard InChI is InChI=1S/C16H12F3N3O4S/c1-27(24,25)15-21-13(12-7-2-3-8-22(12)15)14(23)20-10-5-4-6-11(9-10)26-16(17,18)19/h2-9H,1H3,(H,20,23). The van der Waals surface area contributed by atoms with E-state index in [2.05, 4.69) is 15.0 Å². The van der Waals surface area contributed by atoms with Crippen LogP contribution in [0.2, 0.25) is 0 Å². The van der Waals surface area contributed by atoms with Gasteiger partial charge in [0, 0.05) is 24.2 Å². The van der Waals surface area contributed by atoms with Crippen LogP contribution in [0.25, 0.3) is 5.52 Å². The lowest BCUT2D eigenvalue weighted by Gasteiger charge is -2.10. The second-order valence-electron chi connectivity index (χ2n) is 5.50. The van der Waals surface area contributed by atoms with E-state index in [1.165, 1.54) is 28.8 Å². The Morgan fingerprint density at radius 1 is 1.19 bits per heavy atom. The molecule has 11 heteroatoms. The van der Waals surface area contributed by atoms with Crippen molar-refractivity contribution in [1.29, 1.82) is 0 Å². The molecule has 1 amide bonds. The van der Waals surface area contributed by atoms with Crippen LogP contribution in [0.3, 0.4) is 0 Å². The van der Waals surface area contributed by atoms with Gasteiger partial charge in [0.15, 0.2) is 5.69 Å². The zero-order valence-corrected chi connectivity index (χ0v) is 14.5. The fraction of sp³-hybridized carbons (Fsp3) is 0.125. The van der Waals surface area contributed by atoms with Crippen LogP contribution >= 0.6 is 0 Å². The number of anilines is 1. The van der Waals surface area contributed by atoms with Crippen molar-refractivity contribution in [2.24, 2.45) is 0 Å². The molecule has 2 aromatic heterocycles. The predicted octanol–water partition coefficient (Wildman–Crippen LogP) is 2.89. The summed E-state index contributed by atoms with van der Waals surface area (Å²) < 4.78 is 65.7. The van der Waals surface area contributed by atoms with E-state index in [0.717, 1.165) is 18.4 Å². The first kappa shape index (κ1) is 18.7. The highest BCUT2D eigenvalue weighted by Gasteiger charge is 2.31. The Morgan fingerprint density at radius 2 is 1.93 bits per heavy atom. The maximum absolute atomic E-state index is 12.5. The van der Waals surface area contributed by atoms with E-state index < -0.39 is 27.9 Å². The number of pyridine rings is 1. The first-order valence-electron chi connectivity index (χ1n) is 7.39. The molecule has 0 unspecified atom stereocenters. The number of alkyl halides is 3. The van der Waals surface area contributed by atoms with Crippen molar-refractivity contribution in [3.05, 3.63) is 54.4 Å². The number of rotatable bonds is 4. The molecule has 0 saturated carbocycles. The summed E-state index contributed by atoms with van der Waals surface area (Å²) in [6.07, 6.45) is -2.48. The third-order valence-electron chi connectivity index (χ3n) is 3.39. The lowest BCUT2D eigenvalue weighted by atomic mass is 10.2. The number of nitrogens with zero attached hydrogens (tertiary/aromatic N) is 2. The zero-order valence-electron chi connectivity index (χ0n) is 13.7. The summed E-state index contributed by atoms with van der Waals surface area (Å²) in [5, 5.41) is 2.06. The number of ether oxygens (including phenoxy) is 1. The van der Waals surface area contributed by atoms with Crippen LogP contribution in [0.4, 0.5) is 18.9 Å². The molecular weight excluding hydrogens is 387 g/mol. The number of fused-ring (bicyclic) bond motifs is 1. The van der Waals surface area contributed by atoms with Crippen LogP contribution in [0.15, 0.2) is 53.8 Å². The lowest BCUT2D eigenvalue weighted by Crippen LogP contribution is -2.17. The van der Waals surface area contributed by atoms with Crippen molar-refractivity contribution in [2.45, 2.75) is 11.5 Å². The summed E-state index contributed by atoms with van der Waals surface area (Å²) in [7, 11) is -3.72. The Labute approximate surface area is 151 Å². The summed E-state index contributed by atoms with van der Waals surface area (Å²) >= 11 is 0. The fourth-order valence-corrected chi connectivity index (χ4v) is 3.17. The number of amides is 1. The second kappa shape index (κ2) is 6.58. The van der Waals surface area contributed by atoms with Gasteiger partial charge in [-0.2, -0.15) is 0 Å². The molecular formula is C16H12F3N3O4S. The molecule has 3 aromatic rings. The molecule has 0 saturated heterocycles. The van der Waals surface area contributed by atoms with Gasteiger partial charge in [0.1, 0.15) is 5.75 Å². The maximum atomic E-state index is 12.5. The largest absolute Gasteiger partial charge is 0.573 e. The van der Waals surface area contributed by atoms with Crippen LogP contribution in [-0.2, 0) is 9.84 Å². The normalized spacial score (nSPS) is 12.1. The average molecular weight is 399 g/mol. The molecule has 1 aromatic carbocycles. The molecule has 0 spiro atoms. The minimum absolute atomic E-state index is 0.0275. The molecule has 0 radical (unpaired) electrons. The quantitative estimate of drug-likeness (QED) is 0.729. The van der Waals surface area contributed by atoms with Crippen LogP contribution in [0, 0.1) is 0 Å². The van der Waals surface area contributed by atoms with Crippen molar-refractivity contribution < 1.29 is 31.1 Å². The number of carbonyl (C=O) groups is 1. The zero-order chi connectivity index (χ0) is 19.8. The number of halogens is 3. The highest BCUT2D eigenvalue weighted by atomic mass is 32.2. The van der Waals surface area contributed by atoms with E-state index in [-0.39, 0.29) is 22.1 Å². The first-order valence-corrected chi connectivity index (χ1v) is 9.28. The number of imidazole rings is 1. The van der Waals surface area contributed by atoms with Gasteiger partial charge in [0.25, 0.3) is 5.91 Å². The highest BCUT2D eigenvalue weighted by molar-refractivity contribution is 7.90. The topological polar surface area (TPSA) is 89.8 Å². The van der Waals surface area contributed by atoms with Crippen molar-refractivity contribution in [1.82, 2.24) is 9.38 Å². The molecule has 0 atom stereocenters. The molecule has 7 nitrogen and oxygen atoms in total. The number of benzene rings is 1. The SMILES string of the molecule is CS(=O)(=O)c1nc(C(=O)Nc2cccc(OC(F)(F)F)c2)c2ccccn12. The van der Waals surface area contributed by atoms with Crippen LogP contribution in [-0.4, -0.2) is 36.3 Å². The van der Waals surface area contributed by atoms with Gasteiger partial charge in [-0.05, 0) is 24.3 Å². The smallest absolute Gasteiger partial charge is 0.406 e. The molecule has 1 N–H and O–H groups in total. The van der Waals surface area contributed by atoms with Gasteiger partial charge < -0.3 is 10.1 Å². The molecule has 3 rings (SSSR count). The number of carbonyl (C=O) groups excluding carboxylic acids is 1. The van der Waals surface area contributed by atoms with E-state index in [1.54, 1.807) is 12.1 Å². The molecule has 2 heterocycles. The van der Waals surface area contributed by atoms with Gasteiger partial charge in [-0.1, -0.05) is 12.1 Å². The third kappa shape index (κ3) is 4.19. The van der Waals surface area contributed by atoms with Gasteiger partial charge in [0.05, 0.1) is 5.52 Å². The van der Waals surface area contributed by atoms with Gasteiger partial charge >= 0.3 is 6.36 Å². The van der Waals surface area contributed by atoms with E-state index in [1.807, 2.05) is 0 Å². The molecule has 27 heavy (non-hydrogen) atoms. The van der Waals surface area contributed by atoms with E-state index >= 15 is 0 Å². The Balaban J connectivity index is 1.95. The Bertz CT molecular complexity index is 1120. The lowest BCUT2D eigenvalue weighted by molar-refractivity contribution is -0.274. The van der Waals surface area contributed by atoms with Crippen LogP contribution < -0.4 is 10.1 Å². The molecule has 142 valence electrons. The minimum Gasteiger partial charge on any atom is -0.406 e. The third-order valence-corrected chi connectivity index (χ3v) is 4.34. The van der Waals surface area contributed by atoms with Gasteiger partial charge in [-0.25, -0.2) is 13.4 Å². The van der Waals surface area contributed by atoms with Gasteiger partial charge in [-0.3, -0.25) is 9.20 Å². The summed E-state index contributed by atoms with van der Waals surface area (Å²) in [5.41, 5.74) is 0.0797. The summed E-state index contributed by atoms with van der Waals surface area (Å²) in [6.45, 7) is 0. The molecule has 0 aliphatic rings. The number of hydrogen-bond donors (Lipinski definition) is 1. The van der Waals surface area contributed by atoms with Gasteiger partial charge in [0.2, 0.25) is 15.0 Å². The Hall–Kier alpha value is -3.08. The van der Waals surface area contributed by atoms with E-state index in [9.17, 15) is 26.4 Å². The number of nitrogens with one attached hydrogen (secondary N) is 1. The van der Waals surface area contributed by atoms with E-state index in [4.69, 9.17) is 0 Å². The molecule has 0 aliphatic carbocycles. The number of hydrogen-bond acceptors (Lipinski definition) is 5. The van der Waals surface area contributed by atoms with Crippen molar-refractivity contribution >= 4 is 26.9 Å². The maximum Gasteiger partial charge on any atom is 0.573 e. The summed E-state index contributed by atoms with van der Waals surface area (Å²) in [6, 6.07) is 9.36. The first-order chi connectivity index (χ1) is 12.5.